The number of hydrogen-bond acceptors (Lipinski definition) is 5. The van der Waals surface area contributed by atoms with E-state index in [0.717, 1.165) is 12.1 Å². The summed E-state index contributed by atoms with van der Waals surface area (Å²) < 4.78 is 5.79. The zero-order valence-corrected chi connectivity index (χ0v) is 15.7. The standard InChI is InChI=1S/C20H20N6O2/c1-14-17(27)7-6-15(19(14)28)22-18-16-5-3-4-9-26(16)23-20(18)21-8-10-25-12-11-24(2)13-25/h3-7,9,11-13H,8,10H2,1-2H3,(H-,21,23,27,28)/p+1. The molecule has 8 nitrogen and oxygen atoms in total. The third kappa shape index (κ3) is 3.32. The van der Waals surface area contributed by atoms with E-state index >= 15 is 0 Å². The van der Waals surface area contributed by atoms with Crippen LogP contribution in [0.5, 0.6) is 0 Å². The Morgan fingerprint density at radius 1 is 1.29 bits per heavy atom. The van der Waals surface area contributed by atoms with Crippen LogP contribution in [0.4, 0.5) is 11.5 Å². The van der Waals surface area contributed by atoms with Crippen LogP contribution in [0, 0.1) is 0 Å². The van der Waals surface area contributed by atoms with Gasteiger partial charge >= 0.3 is 0 Å². The van der Waals surface area contributed by atoms with E-state index in [2.05, 4.69) is 20.0 Å². The van der Waals surface area contributed by atoms with Crippen LogP contribution >= 0.6 is 0 Å². The molecule has 3 aromatic rings. The average molecular weight is 377 g/mol. The molecule has 1 aliphatic rings. The Balaban J connectivity index is 1.67. The van der Waals surface area contributed by atoms with Crippen LogP contribution in [0.2, 0.25) is 0 Å². The number of carbonyl (C=O) groups is 1. The molecule has 1 aliphatic carbocycles. The van der Waals surface area contributed by atoms with Crippen LogP contribution in [0.15, 0.2) is 71.6 Å². The lowest BCUT2D eigenvalue weighted by Crippen LogP contribution is -2.24. The molecule has 142 valence electrons. The van der Waals surface area contributed by atoms with Gasteiger partial charge in [-0.2, -0.15) is 0 Å². The minimum absolute atomic E-state index is 0.103. The maximum atomic E-state index is 11.7. The molecule has 0 bridgehead atoms. The van der Waals surface area contributed by atoms with Crippen LogP contribution < -0.4 is 9.88 Å². The maximum Gasteiger partial charge on any atom is 0.243 e. The third-order valence-corrected chi connectivity index (χ3v) is 4.59. The van der Waals surface area contributed by atoms with Crippen molar-refractivity contribution in [3.05, 3.63) is 66.6 Å². The molecule has 0 radical (unpaired) electrons. The van der Waals surface area contributed by atoms with E-state index in [4.69, 9.17) is 0 Å². The number of aromatic nitrogens is 4. The number of hydrogen-bond donors (Lipinski definition) is 2. The highest BCUT2D eigenvalue weighted by atomic mass is 16.3. The number of ketones is 1. The first-order valence-corrected chi connectivity index (χ1v) is 8.96. The Morgan fingerprint density at radius 2 is 2.14 bits per heavy atom. The predicted molar refractivity (Wildman–Crippen MR) is 106 cm³/mol. The van der Waals surface area contributed by atoms with Crippen LogP contribution in [0.1, 0.15) is 6.92 Å². The van der Waals surface area contributed by atoms with Gasteiger partial charge in [0.1, 0.15) is 36.1 Å². The van der Waals surface area contributed by atoms with E-state index < -0.39 is 0 Å². The fourth-order valence-corrected chi connectivity index (χ4v) is 3.03. The number of fused-ring (bicyclic) bond motifs is 1. The van der Waals surface area contributed by atoms with E-state index in [1.165, 1.54) is 12.2 Å². The van der Waals surface area contributed by atoms with E-state index in [9.17, 15) is 9.90 Å². The summed E-state index contributed by atoms with van der Waals surface area (Å²) in [4.78, 5) is 16.3. The van der Waals surface area contributed by atoms with Gasteiger partial charge < -0.3 is 10.4 Å². The van der Waals surface area contributed by atoms with Crippen molar-refractivity contribution in [2.45, 2.75) is 13.5 Å². The molecule has 0 saturated carbocycles. The van der Waals surface area contributed by atoms with Gasteiger partial charge in [0.2, 0.25) is 6.33 Å². The number of nitrogens with zero attached hydrogens (tertiary/aromatic N) is 5. The molecule has 0 saturated heterocycles. The number of allylic oxidation sites excluding steroid dienone is 3. The number of anilines is 1. The van der Waals surface area contributed by atoms with E-state index in [1.807, 2.05) is 54.7 Å². The molecule has 28 heavy (non-hydrogen) atoms. The van der Waals surface area contributed by atoms with Crippen molar-refractivity contribution in [1.82, 2.24) is 14.2 Å². The molecule has 3 heterocycles. The zero-order chi connectivity index (χ0) is 19.7. The molecular formula is C20H21N6O2+. The van der Waals surface area contributed by atoms with Crippen molar-refractivity contribution in [1.29, 1.82) is 0 Å². The summed E-state index contributed by atoms with van der Waals surface area (Å²) in [6, 6.07) is 5.71. The Labute approximate surface area is 161 Å². The van der Waals surface area contributed by atoms with Crippen LogP contribution in [0.25, 0.3) is 5.52 Å². The second-order valence-electron chi connectivity index (χ2n) is 6.64. The maximum absolute atomic E-state index is 11.7. The summed E-state index contributed by atoms with van der Waals surface area (Å²) in [7, 11) is 1.98. The summed E-state index contributed by atoms with van der Waals surface area (Å²) >= 11 is 0. The summed E-state index contributed by atoms with van der Waals surface area (Å²) in [5, 5.41) is 18.2. The first-order valence-electron chi connectivity index (χ1n) is 8.96. The lowest BCUT2D eigenvalue weighted by molar-refractivity contribution is -0.671. The number of rotatable bonds is 5. The minimum Gasteiger partial charge on any atom is -0.505 e. The quantitative estimate of drug-likeness (QED) is 0.527. The molecular weight excluding hydrogens is 356 g/mol. The van der Waals surface area contributed by atoms with Crippen molar-refractivity contribution >= 4 is 28.5 Å². The molecule has 8 heteroatoms. The van der Waals surface area contributed by atoms with Crippen molar-refractivity contribution < 1.29 is 14.5 Å². The highest BCUT2D eigenvalue weighted by molar-refractivity contribution is 6.21. The highest BCUT2D eigenvalue weighted by Gasteiger charge is 2.19. The van der Waals surface area contributed by atoms with Crippen molar-refractivity contribution in [3.63, 3.8) is 0 Å². The molecule has 3 aromatic heterocycles. The molecule has 2 N–H and O–H groups in total. The van der Waals surface area contributed by atoms with Crippen molar-refractivity contribution in [3.8, 4) is 0 Å². The Hall–Kier alpha value is -3.68. The van der Waals surface area contributed by atoms with Gasteiger partial charge in [0.05, 0.1) is 19.1 Å². The zero-order valence-electron chi connectivity index (χ0n) is 15.7. The number of carbonyl (C=O) groups excluding carboxylic acids is 1. The first kappa shape index (κ1) is 17.7. The van der Waals surface area contributed by atoms with E-state index in [0.29, 0.717) is 23.8 Å². The fraction of sp³-hybridized carbons (Fsp3) is 0.200. The van der Waals surface area contributed by atoms with Gasteiger partial charge in [-0.3, -0.25) is 4.79 Å². The number of aliphatic hydroxyl groups excluding tert-OH is 1. The molecule has 4 rings (SSSR count). The first-order chi connectivity index (χ1) is 13.5. The molecule has 0 amide bonds. The normalized spacial score (nSPS) is 15.8. The smallest absolute Gasteiger partial charge is 0.243 e. The second-order valence-corrected chi connectivity index (χ2v) is 6.64. The molecule has 0 unspecified atom stereocenters. The molecule has 0 aromatic carbocycles. The lowest BCUT2D eigenvalue weighted by Gasteiger charge is -2.09. The van der Waals surface area contributed by atoms with E-state index in [1.54, 1.807) is 11.4 Å². The molecule has 0 aliphatic heterocycles. The summed E-state index contributed by atoms with van der Waals surface area (Å²) in [5.41, 5.74) is 2.05. The largest absolute Gasteiger partial charge is 0.505 e. The summed E-state index contributed by atoms with van der Waals surface area (Å²) in [5.74, 6) is 0.300. The summed E-state index contributed by atoms with van der Waals surface area (Å²) in [6.07, 6.45) is 10.8. The van der Waals surface area contributed by atoms with Gasteiger partial charge in [-0.1, -0.05) is 6.07 Å². The van der Waals surface area contributed by atoms with E-state index in [-0.39, 0.29) is 17.1 Å². The van der Waals surface area contributed by atoms with Crippen LogP contribution in [-0.4, -0.2) is 37.3 Å². The number of pyridine rings is 1. The van der Waals surface area contributed by atoms with Gasteiger partial charge in [-0.05, 0) is 31.2 Å². The monoisotopic (exact) mass is 377 g/mol. The Kier molecular flexibility index (Phi) is 4.52. The molecule has 0 atom stereocenters. The minimum atomic E-state index is -0.213. The lowest BCUT2D eigenvalue weighted by atomic mass is 10.0. The van der Waals surface area contributed by atoms with Gasteiger partial charge in [0.15, 0.2) is 11.6 Å². The highest BCUT2D eigenvalue weighted by Crippen LogP contribution is 2.31. The topological polar surface area (TPSA) is 87.8 Å². The predicted octanol–water partition coefficient (Wildman–Crippen LogP) is 2.12. The number of imidazole rings is 1. The Bertz CT molecular complexity index is 1150. The van der Waals surface area contributed by atoms with Gasteiger partial charge in [0, 0.05) is 11.8 Å². The fourth-order valence-electron chi connectivity index (χ4n) is 3.03. The van der Waals surface area contributed by atoms with Crippen molar-refractivity contribution in [2.75, 3.05) is 11.9 Å². The Morgan fingerprint density at radius 3 is 2.93 bits per heavy atom. The van der Waals surface area contributed by atoms with Gasteiger partial charge in [0.25, 0.3) is 0 Å². The van der Waals surface area contributed by atoms with Crippen molar-refractivity contribution in [2.24, 2.45) is 12.0 Å². The molecule has 0 fully saturated rings. The number of aliphatic hydroxyl groups is 1. The number of aryl methyl sites for hydroxylation is 1. The van der Waals surface area contributed by atoms with Gasteiger partial charge in [-0.25, -0.2) is 18.6 Å². The number of nitrogens with one attached hydrogen (secondary N) is 1. The average Bonchev–Trinajstić information content (AvgIpc) is 3.26. The number of aliphatic imine (C=N–C) groups is 1. The molecule has 0 spiro atoms. The van der Waals surface area contributed by atoms with Crippen LogP contribution in [-0.2, 0) is 18.4 Å². The third-order valence-electron chi connectivity index (χ3n) is 4.59. The summed E-state index contributed by atoms with van der Waals surface area (Å²) in [6.45, 7) is 3.01. The van der Waals surface area contributed by atoms with Gasteiger partial charge in [-0.15, -0.1) is 5.10 Å². The van der Waals surface area contributed by atoms with Crippen LogP contribution in [0.3, 0.4) is 0 Å². The SMILES string of the molecule is CC1=C(O)C(=Nc2c(NCCn3cc[n+](C)c3)nn3ccccc23)C=CC1=O. The second kappa shape index (κ2) is 7.15.